The number of anilines is 1. The van der Waals surface area contributed by atoms with E-state index in [2.05, 4.69) is 11.9 Å². The molecule has 1 amide bonds. The van der Waals surface area contributed by atoms with Crippen molar-refractivity contribution in [3.63, 3.8) is 0 Å². The number of amides is 1. The molecule has 0 saturated carbocycles. The third-order valence-corrected chi connectivity index (χ3v) is 2.25. The molecule has 0 unspecified atom stereocenters. The smallest absolute Gasteiger partial charge is 0.224 e. The number of para-hydroxylation sites is 1. The Bertz CT molecular complexity index is 449. The van der Waals surface area contributed by atoms with Crippen LogP contribution in [0.15, 0.2) is 36.9 Å². The molecule has 0 spiro atoms. The van der Waals surface area contributed by atoms with Crippen LogP contribution >= 0.6 is 0 Å². The largest absolute Gasteiger partial charge is 0.377 e. The van der Waals surface area contributed by atoms with Gasteiger partial charge in [0.1, 0.15) is 6.07 Å². The first-order chi connectivity index (χ1) is 8.77. The van der Waals surface area contributed by atoms with Crippen molar-refractivity contribution in [3.05, 3.63) is 42.5 Å². The molecule has 94 valence electrons. The second kappa shape index (κ2) is 8.04. The van der Waals surface area contributed by atoms with E-state index in [1.807, 2.05) is 6.07 Å². The molecule has 4 heteroatoms. The van der Waals surface area contributed by atoms with Gasteiger partial charge in [-0.3, -0.25) is 4.79 Å². The predicted octanol–water partition coefficient (Wildman–Crippen LogP) is 2.48. The normalized spacial score (nSPS) is 9.50. The van der Waals surface area contributed by atoms with Crippen molar-refractivity contribution in [2.45, 2.75) is 12.8 Å². The zero-order chi connectivity index (χ0) is 13.2. The van der Waals surface area contributed by atoms with Crippen molar-refractivity contribution in [2.24, 2.45) is 0 Å². The summed E-state index contributed by atoms with van der Waals surface area (Å²) in [6.07, 6.45) is 2.69. The van der Waals surface area contributed by atoms with E-state index >= 15 is 0 Å². The fourth-order valence-corrected chi connectivity index (χ4v) is 1.40. The lowest BCUT2D eigenvalue weighted by molar-refractivity contribution is -0.116. The summed E-state index contributed by atoms with van der Waals surface area (Å²) in [7, 11) is 0. The third kappa shape index (κ3) is 4.81. The molecule has 4 nitrogen and oxygen atoms in total. The van der Waals surface area contributed by atoms with Gasteiger partial charge in [-0.25, -0.2) is 0 Å². The van der Waals surface area contributed by atoms with Crippen molar-refractivity contribution >= 4 is 11.6 Å². The van der Waals surface area contributed by atoms with Gasteiger partial charge in [-0.05, 0) is 18.6 Å². The number of carbonyl (C=O) groups is 1. The first kappa shape index (κ1) is 13.9. The summed E-state index contributed by atoms with van der Waals surface area (Å²) in [5, 5.41) is 11.6. The molecule has 1 N–H and O–H groups in total. The van der Waals surface area contributed by atoms with E-state index in [0.29, 0.717) is 37.3 Å². The van der Waals surface area contributed by atoms with E-state index in [9.17, 15) is 4.79 Å². The number of carbonyl (C=O) groups excluding carboxylic acids is 1. The topological polar surface area (TPSA) is 62.1 Å². The Morgan fingerprint density at radius 3 is 3.00 bits per heavy atom. The zero-order valence-corrected chi connectivity index (χ0v) is 10.2. The van der Waals surface area contributed by atoms with Crippen LogP contribution in [0.2, 0.25) is 0 Å². The summed E-state index contributed by atoms with van der Waals surface area (Å²) in [4.78, 5) is 11.6. The van der Waals surface area contributed by atoms with Gasteiger partial charge in [0.25, 0.3) is 0 Å². The van der Waals surface area contributed by atoms with Gasteiger partial charge in [0.05, 0.1) is 17.9 Å². The minimum Gasteiger partial charge on any atom is -0.377 e. The van der Waals surface area contributed by atoms with Crippen LogP contribution in [0.25, 0.3) is 0 Å². The summed E-state index contributed by atoms with van der Waals surface area (Å²) in [5.41, 5.74) is 1.02. The number of nitrogens with zero attached hydrogens (tertiary/aromatic N) is 1. The van der Waals surface area contributed by atoms with Crippen LogP contribution in [0.4, 0.5) is 5.69 Å². The van der Waals surface area contributed by atoms with Crippen LogP contribution in [0, 0.1) is 11.3 Å². The highest BCUT2D eigenvalue weighted by molar-refractivity contribution is 5.92. The summed E-state index contributed by atoms with van der Waals surface area (Å²) < 4.78 is 5.18. The Morgan fingerprint density at radius 2 is 2.28 bits per heavy atom. The van der Waals surface area contributed by atoms with Gasteiger partial charge in [-0.2, -0.15) is 5.26 Å². The second-order valence-electron chi connectivity index (χ2n) is 3.67. The van der Waals surface area contributed by atoms with Crippen molar-refractivity contribution in [3.8, 4) is 6.07 Å². The van der Waals surface area contributed by atoms with Crippen LogP contribution in [0.3, 0.4) is 0 Å². The molecule has 0 bridgehead atoms. The number of nitriles is 1. The van der Waals surface area contributed by atoms with Crippen LogP contribution in [-0.4, -0.2) is 19.1 Å². The molecule has 1 aromatic carbocycles. The summed E-state index contributed by atoms with van der Waals surface area (Å²) in [6.45, 7) is 4.56. The van der Waals surface area contributed by atoms with E-state index in [1.165, 1.54) is 0 Å². The van der Waals surface area contributed by atoms with Crippen molar-refractivity contribution < 1.29 is 9.53 Å². The standard InChI is InChI=1S/C14H16N2O2/c1-2-9-18-10-5-8-14(17)16-13-7-4-3-6-12(13)11-15/h2-4,6-7H,1,5,8-10H2,(H,16,17). The van der Waals surface area contributed by atoms with Gasteiger partial charge in [0.2, 0.25) is 5.91 Å². The number of rotatable bonds is 7. The highest BCUT2D eigenvalue weighted by atomic mass is 16.5. The van der Waals surface area contributed by atoms with Gasteiger partial charge in [0.15, 0.2) is 0 Å². The highest BCUT2D eigenvalue weighted by Gasteiger charge is 2.05. The maximum atomic E-state index is 11.6. The average molecular weight is 244 g/mol. The van der Waals surface area contributed by atoms with Crippen LogP contribution in [-0.2, 0) is 9.53 Å². The Labute approximate surface area is 107 Å². The molecule has 0 radical (unpaired) electrons. The maximum absolute atomic E-state index is 11.6. The molecule has 0 aliphatic heterocycles. The average Bonchev–Trinajstić information content (AvgIpc) is 2.39. The van der Waals surface area contributed by atoms with Crippen molar-refractivity contribution in [1.82, 2.24) is 0 Å². The van der Waals surface area contributed by atoms with Gasteiger partial charge in [-0.15, -0.1) is 6.58 Å². The molecule has 0 atom stereocenters. The third-order valence-electron chi connectivity index (χ3n) is 2.25. The summed E-state index contributed by atoms with van der Waals surface area (Å²) >= 11 is 0. The van der Waals surface area contributed by atoms with Gasteiger partial charge in [0, 0.05) is 13.0 Å². The molecule has 0 aliphatic rings. The molecule has 0 heterocycles. The van der Waals surface area contributed by atoms with Crippen molar-refractivity contribution in [2.75, 3.05) is 18.5 Å². The lowest BCUT2D eigenvalue weighted by Gasteiger charge is -2.06. The van der Waals surface area contributed by atoms with E-state index in [4.69, 9.17) is 10.00 Å². The second-order valence-corrected chi connectivity index (χ2v) is 3.67. The fourth-order valence-electron chi connectivity index (χ4n) is 1.40. The monoisotopic (exact) mass is 244 g/mol. The minimum absolute atomic E-state index is 0.111. The summed E-state index contributed by atoms with van der Waals surface area (Å²) in [5.74, 6) is -0.111. The maximum Gasteiger partial charge on any atom is 0.224 e. The zero-order valence-electron chi connectivity index (χ0n) is 10.2. The fraction of sp³-hybridized carbons (Fsp3) is 0.286. The molecule has 0 aliphatic carbocycles. The molecule has 0 fully saturated rings. The first-order valence-electron chi connectivity index (χ1n) is 5.75. The molecular weight excluding hydrogens is 228 g/mol. The van der Waals surface area contributed by atoms with E-state index < -0.39 is 0 Å². The predicted molar refractivity (Wildman–Crippen MR) is 70.0 cm³/mol. The van der Waals surface area contributed by atoms with Crippen LogP contribution < -0.4 is 5.32 Å². The molecule has 1 aromatic rings. The Morgan fingerprint density at radius 1 is 1.50 bits per heavy atom. The van der Waals surface area contributed by atoms with Crippen LogP contribution in [0.5, 0.6) is 0 Å². The summed E-state index contributed by atoms with van der Waals surface area (Å²) in [6, 6.07) is 8.96. The number of nitrogens with one attached hydrogen (secondary N) is 1. The van der Waals surface area contributed by atoms with Gasteiger partial charge in [-0.1, -0.05) is 18.2 Å². The SMILES string of the molecule is C=CCOCCCC(=O)Nc1ccccc1C#N. The highest BCUT2D eigenvalue weighted by Crippen LogP contribution is 2.13. The van der Waals surface area contributed by atoms with Gasteiger partial charge >= 0.3 is 0 Å². The number of hydrogen-bond acceptors (Lipinski definition) is 3. The van der Waals surface area contributed by atoms with Crippen LogP contribution in [0.1, 0.15) is 18.4 Å². The Balaban J connectivity index is 2.36. The molecule has 1 rings (SSSR count). The van der Waals surface area contributed by atoms with E-state index in [-0.39, 0.29) is 5.91 Å². The van der Waals surface area contributed by atoms with E-state index in [1.54, 1.807) is 30.3 Å². The number of hydrogen-bond donors (Lipinski definition) is 1. The van der Waals surface area contributed by atoms with Gasteiger partial charge < -0.3 is 10.1 Å². The van der Waals surface area contributed by atoms with Crippen molar-refractivity contribution in [1.29, 1.82) is 5.26 Å². The quantitative estimate of drug-likeness (QED) is 0.592. The van der Waals surface area contributed by atoms with E-state index in [0.717, 1.165) is 0 Å². The Kier molecular flexibility index (Phi) is 6.23. The molecule has 18 heavy (non-hydrogen) atoms. The first-order valence-corrected chi connectivity index (χ1v) is 5.75. The molecule has 0 aromatic heterocycles. The molecule has 0 saturated heterocycles. The molecular formula is C14H16N2O2. The lowest BCUT2D eigenvalue weighted by Crippen LogP contribution is -2.13. The lowest BCUT2D eigenvalue weighted by atomic mass is 10.2. The minimum atomic E-state index is -0.111. The number of ether oxygens (including phenoxy) is 1. The number of benzene rings is 1. The Hall–Kier alpha value is -2.12.